The van der Waals surface area contributed by atoms with Crippen molar-refractivity contribution in [3.63, 3.8) is 0 Å². The van der Waals surface area contributed by atoms with Gasteiger partial charge in [0.1, 0.15) is 0 Å². The molecule has 0 spiro atoms. The van der Waals surface area contributed by atoms with Gasteiger partial charge in [-0.2, -0.15) is 0 Å². The van der Waals surface area contributed by atoms with E-state index < -0.39 is 17.8 Å². The summed E-state index contributed by atoms with van der Waals surface area (Å²) in [5, 5.41) is 12.8. The number of nitrogens with one attached hydrogen (secondary N) is 1. The van der Waals surface area contributed by atoms with Crippen LogP contribution in [-0.4, -0.2) is 17.0 Å². The van der Waals surface area contributed by atoms with Gasteiger partial charge in [0.25, 0.3) is 0 Å². The van der Waals surface area contributed by atoms with Crippen molar-refractivity contribution >= 4 is 23.5 Å². The molecule has 0 aromatic heterocycles. The third kappa shape index (κ3) is 2.68. The Bertz CT molecular complexity index is 596. The first kappa shape index (κ1) is 14.1. The number of rotatable bonds is 4. The summed E-state index contributed by atoms with van der Waals surface area (Å²) in [4.78, 5) is 23.7. The van der Waals surface area contributed by atoms with Crippen LogP contribution in [0.25, 0.3) is 0 Å². The standard InChI is InChI=1S/C16H16ClNO3/c17-12-5-1-9(2-6-12)8-18-15(19)13-10-3-4-11(7-10)14(13)16(20)21/h1-6,10-11,13-14H,7-8H2,(H,18,19)(H,20,21)/t10-,11-,13+,14-/m0/s1. The zero-order chi connectivity index (χ0) is 15.0. The number of carboxylic acids is 1. The minimum atomic E-state index is -0.876. The topological polar surface area (TPSA) is 66.4 Å². The van der Waals surface area contributed by atoms with Gasteiger partial charge in [0, 0.05) is 11.6 Å². The highest BCUT2D eigenvalue weighted by atomic mass is 35.5. The number of aliphatic carboxylic acids is 1. The first-order valence-electron chi connectivity index (χ1n) is 6.99. The van der Waals surface area contributed by atoms with E-state index in [0.717, 1.165) is 12.0 Å². The van der Waals surface area contributed by atoms with Crippen LogP contribution < -0.4 is 5.32 Å². The maximum Gasteiger partial charge on any atom is 0.307 e. The first-order chi connectivity index (χ1) is 10.1. The summed E-state index contributed by atoms with van der Waals surface area (Å²) in [5.74, 6) is -2.04. The van der Waals surface area contributed by atoms with Crippen molar-refractivity contribution in [2.75, 3.05) is 0 Å². The van der Waals surface area contributed by atoms with Gasteiger partial charge in [0.2, 0.25) is 5.91 Å². The van der Waals surface area contributed by atoms with E-state index in [1.165, 1.54) is 0 Å². The SMILES string of the molecule is O=C(O)[C@@H]1[C@H](C(=O)NCc2ccc(Cl)cc2)[C@H]2C=C[C@H]1C2. The number of halogens is 1. The van der Waals surface area contributed by atoms with Crippen molar-refractivity contribution in [3.8, 4) is 0 Å². The predicted molar refractivity (Wildman–Crippen MR) is 78.7 cm³/mol. The molecule has 0 aliphatic heterocycles. The van der Waals surface area contributed by atoms with Gasteiger partial charge in [-0.05, 0) is 36.0 Å². The number of allylic oxidation sites excluding steroid dienone is 2. The summed E-state index contributed by atoms with van der Waals surface area (Å²) >= 11 is 5.81. The Hall–Kier alpha value is -1.81. The smallest absolute Gasteiger partial charge is 0.307 e. The van der Waals surface area contributed by atoms with E-state index in [4.69, 9.17) is 11.6 Å². The molecule has 110 valence electrons. The van der Waals surface area contributed by atoms with Gasteiger partial charge in [0.15, 0.2) is 0 Å². The van der Waals surface area contributed by atoms with Gasteiger partial charge in [-0.15, -0.1) is 0 Å². The Morgan fingerprint density at radius 2 is 1.76 bits per heavy atom. The number of amides is 1. The summed E-state index contributed by atoms with van der Waals surface area (Å²) in [5.41, 5.74) is 0.943. The van der Waals surface area contributed by atoms with Gasteiger partial charge in [-0.3, -0.25) is 9.59 Å². The fourth-order valence-electron chi connectivity index (χ4n) is 3.43. The quantitative estimate of drug-likeness (QED) is 0.840. The third-order valence-corrected chi connectivity index (χ3v) is 4.68. The molecule has 0 heterocycles. The molecule has 1 aromatic carbocycles. The summed E-state index contributed by atoms with van der Waals surface area (Å²) in [6.45, 7) is 0.389. The van der Waals surface area contributed by atoms with E-state index in [2.05, 4.69) is 5.32 Å². The molecule has 4 nitrogen and oxygen atoms in total. The highest BCUT2D eigenvalue weighted by molar-refractivity contribution is 6.30. The molecular weight excluding hydrogens is 290 g/mol. The summed E-state index contributed by atoms with van der Waals surface area (Å²) in [6.07, 6.45) is 4.69. The molecule has 2 N–H and O–H groups in total. The number of benzene rings is 1. The predicted octanol–water partition coefficient (Wildman–Crippen LogP) is 2.48. The van der Waals surface area contributed by atoms with Crippen molar-refractivity contribution in [1.82, 2.24) is 5.32 Å². The van der Waals surface area contributed by atoms with Crippen LogP contribution in [0, 0.1) is 23.7 Å². The van der Waals surface area contributed by atoms with Crippen molar-refractivity contribution in [2.24, 2.45) is 23.7 Å². The lowest BCUT2D eigenvalue weighted by Gasteiger charge is -2.23. The maximum absolute atomic E-state index is 12.4. The van der Waals surface area contributed by atoms with Gasteiger partial charge in [-0.1, -0.05) is 35.9 Å². The van der Waals surface area contributed by atoms with Crippen LogP contribution in [-0.2, 0) is 16.1 Å². The fourth-order valence-corrected chi connectivity index (χ4v) is 3.55. The second kappa shape index (κ2) is 5.53. The molecule has 3 rings (SSSR count). The van der Waals surface area contributed by atoms with Crippen LogP contribution in [0.1, 0.15) is 12.0 Å². The molecule has 2 aliphatic carbocycles. The first-order valence-corrected chi connectivity index (χ1v) is 7.37. The van der Waals surface area contributed by atoms with Crippen LogP contribution in [0.15, 0.2) is 36.4 Å². The van der Waals surface area contributed by atoms with Gasteiger partial charge < -0.3 is 10.4 Å². The van der Waals surface area contributed by atoms with E-state index in [-0.39, 0.29) is 17.7 Å². The number of hydrogen-bond donors (Lipinski definition) is 2. The lowest BCUT2D eigenvalue weighted by Crippen LogP contribution is -2.39. The second-order valence-corrected chi connectivity index (χ2v) is 6.12. The number of carbonyl (C=O) groups excluding carboxylic acids is 1. The number of carbonyl (C=O) groups is 2. The van der Waals surface area contributed by atoms with Crippen molar-refractivity contribution in [1.29, 1.82) is 0 Å². The Labute approximate surface area is 127 Å². The van der Waals surface area contributed by atoms with E-state index in [0.29, 0.717) is 11.6 Å². The lowest BCUT2D eigenvalue weighted by atomic mass is 9.82. The van der Waals surface area contributed by atoms with Crippen molar-refractivity contribution < 1.29 is 14.7 Å². The van der Waals surface area contributed by atoms with Gasteiger partial charge in [0.05, 0.1) is 11.8 Å². The Balaban J connectivity index is 1.66. The van der Waals surface area contributed by atoms with Crippen molar-refractivity contribution in [2.45, 2.75) is 13.0 Å². The molecule has 5 heteroatoms. The zero-order valence-electron chi connectivity index (χ0n) is 11.3. The average molecular weight is 306 g/mol. The molecule has 21 heavy (non-hydrogen) atoms. The molecular formula is C16H16ClNO3. The fraction of sp³-hybridized carbons (Fsp3) is 0.375. The van der Waals surface area contributed by atoms with Crippen molar-refractivity contribution in [3.05, 3.63) is 47.0 Å². The Kier molecular flexibility index (Phi) is 3.72. The van der Waals surface area contributed by atoms with E-state index >= 15 is 0 Å². The van der Waals surface area contributed by atoms with Crippen LogP contribution in [0.2, 0.25) is 5.02 Å². The van der Waals surface area contributed by atoms with E-state index in [9.17, 15) is 14.7 Å². The Morgan fingerprint density at radius 1 is 1.14 bits per heavy atom. The molecule has 2 aliphatic rings. The minimum absolute atomic E-state index is 0.00113. The largest absolute Gasteiger partial charge is 0.481 e. The maximum atomic E-state index is 12.4. The Morgan fingerprint density at radius 3 is 2.38 bits per heavy atom. The molecule has 1 amide bonds. The monoisotopic (exact) mass is 305 g/mol. The average Bonchev–Trinajstić information content (AvgIpc) is 3.06. The highest BCUT2D eigenvalue weighted by Gasteiger charge is 2.51. The third-order valence-electron chi connectivity index (χ3n) is 4.43. The number of carboxylic acid groups (broad SMARTS) is 1. The molecule has 0 saturated heterocycles. The van der Waals surface area contributed by atoms with Crippen LogP contribution in [0.5, 0.6) is 0 Å². The van der Waals surface area contributed by atoms with E-state index in [1.54, 1.807) is 12.1 Å². The number of fused-ring (bicyclic) bond motifs is 2. The van der Waals surface area contributed by atoms with Crippen LogP contribution in [0.3, 0.4) is 0 Å². The van der Waals surface area contributed by atoms with Gasteiger partial charge in [-0.25, -0.2) is 0 Å². The summed E-state index contributed by atoms with van der Waals surface area (Å²) in [6, 6.07) is 7.22. The molecule has 0 radical (unpaired) electrons. The number of hydrogen-bond acceptors (Lipinski definition) is 2. The van der Waals surface area contributed by atoms with Crippen LogP contribution in [0.4, 0.5) is 0 Å². The van der Waals surface area contributed by atoms with Gasteiger partial charge >= 0.3 is 5.97 Å². The lowest BCUT2D eigenvalue weighted by molar-refractivity contribution is -0.147. The molecule has 1 saturated carbocycles. The normalized spacial score (nSPS) is 29.6. The summed E-state index contributed by atoms with van der Waals surface area (Å²) in [7, 11) is 0. The second-order valence-electron chi connectivity index (χ2n) is 5.68. The highest BCUT2D eigenvalue weighted by Crippen LogP contribution is 2.48. The van der Waals surface area contributed by atoms with Crippen LogP contribution >= 0.6 is 11.6 Å². The molecule has 4 atom stereocenters. The summed E-state index contributed by atoms with van der Waals surface area (Å²) < 4.78 is 0. The molecule has 1 aromatic rings. The van der Waals surface area contributed by atoms with E-state index in [1.807, 2.05) is 24.3 Å². The molecule has 2 bridgehead atoms. The minimum Gasteiger partial charge on any atom is -0.481 e. The zero-order valence-corrected chi connectivity index (χ0v) is 12.1. The molecule has 1 fully saturated rings. The molecule has 0 unspecified atom stereocenters.